The Morgan fingerprint density at radius 1 is 1.12 bits per heavy atom. The first-order valence-corrected chi connectivity index (χ1v) is 8.68. The number of benzene rings is 2. The van der Waals surface area contributed by atoms with Crippen LogP contribution in [0.1, 0.15) is 29.8 Å². The number of nitrogens with one attached hydrogen (secondary N) is 1. The number of esters is 1. The molecule has 1 heterocycles. The lowest BCUT2D eigenvalue weighted by Crippen LogP contribution is -2.09. The molecule has 2 aromatic carbocycles. The number of hydrogen-bond acceptors (Lipinski definition) is 5. The summed E-state index contributed by atoms with van der Waals surface area (Å²) in [6, 6.07) is 13.6. The molecule has 0 saturated carbocycles. The van der Waals surface area contributed by atoms with Gasteiger partial charge in [-0.05, 0) is 56.7 Å². The fraction of sp³-hybridized carbons (Fsp3) is 0.238. The smallest absolute Gasteiger partial charge is 0.341 e. The van der Waals surface area contributed by atoms with E-state index in [0.717, 1.165) is 27.9 Å². The third-order valence-electron chi connectivity index (χ3n) is 3.93. The molecule has 0 bridgehead atoms. The van der Waals surface area contributed by atoms with Gasteiger partial charge in [0.1, 0.15) is 11.3 Å². The molecule has 0 atom stereocenters. The number of pyridine rings is 1. The molecule has 5 nitrogen and oxygen atoms in total. The van der Waals surface area contributed by atoms with Crippen LogP contribution in [0, 0.1) is 6.92 Å². The fourth-order valence-electron chi connectivity index (χ4n) is 2.79. The summed E-state index contributed by atoms with van der Waals surface area (Å²) in [5.41, 5.74) is 3.86. The number of rotatable bonds is 6. The van der Waals surface area contributed by atoms with Crippen LogP contribution in [0.2, 0.25) is 0 Å². The molecule has 0 spiro atoms. The molecule has 5 heteroatoms. The summed E-state index contributed by atoms with van der Waals surface area (Å²) in [5, 5.41) is 4.18. The Labute approximate surface area is 153 Å². The van der Waals surface area contributed by atoms with Crippen molar-refractivity contribution in [3.63, 3.8) is 0 Å². The van der Waals surface area contributed by atoms with Gasteiger partial charge in [0.2, 0.25) is 0 Å². The molecule has 3 rings (SSSR count). The van der Waals surface area contributed by atoms with E-state index in [-0.39, 0.29) is 0 Å². The standard InChI is InChI=1S/C21H22N2O3/c1-4-25-16-9-10-19-17(12-16)20(18(13-22-19)21(24)26-5-2)23-15-8-6-7-14(3)11-15/h6-13H,4-5H2,1-3H3,(H,22,23). The summed E-state index contributed by atoms with van der Waals surface area (Å²) in [5.74, 6) is 0.328. The lowest BCUT2D eigenvalue weighted by Gasteiger charge is -2.15. The number of ether oxygens (including phenoxy) is 2. The number of fused-ring (bicyclic) bond motifs is 1. The van der Waals surface area contributed by atoms with Gasteiger partial charge in [-0.3, -0.25) is 4.98 Å². The summed E-state index contributed by atoms with van der Waals surface area (Å²) in [6.45, 7) is 6.61. The molecular weight excluding hydrogens is 328 g/mol. The molecule has 0 amide bonds. The van der Waals surface area contributed by atoms with Crippen molar-refractivity contribution in [1.82, 2.24) is 4.98 Å². The predicted octanol–water partition coefficient (Wildman–Crippen LogP) is 4.86. The van der Waals surface area contributed by atoms with Crippen LogP contribution in [0.4, 0.5) is 11.4 Å². The highest BCUT2D eigenvalue weighted by Crippen LogP contribution is 2.32. The summed E-state index contributed by atoms with van der Waals surface area (Å²) in [6.07, 6.45) is 1.55. The first kappa shape index (κ1) is 17.7. The van der Waals surface area contributed by atoms with Crippen LogP contribution >= 0.6 is 0 Å². The average Bonchev–Trinajstić information content (AvgIpc) is 2.62. The van der Waals surface area contributed by atoms with Crippen molar-refractivity contribution in [3.05, 3.63) is 59.8 Å². The molecule has 134 valence electrons. The van der Waals surface area contributed by atoms with E-state index in [2.05, 4.69) is 10.3 Å². The second-order valence-corrected chi connectivity index (χ2v) is 5.87. The van der Waals surface area contributed by atoms with Crippen molar-refractivity contribution in [1.29, 1.82) is 0 Å². The van der Waals surface area contributed by atoms with Gasteiger partial charge in [-0.15, -0.1) is 0 Å². The molecule has 0 aliphatic rings. The number of aryl methyl sites for hydroxylation is 1. The van der Waals surface area contributed by atoms with Crippen LogP contribution in [0.15, 0.2) is 48.7 Å². The zero-order chi connectivity index (χ0) is 18.5. The van der Waals surface area contributed by atoms with Gasteiger partial charge in [0.05, 0.1) is 24.4 Å². The third kappa shape index (κ3) is 3.77. The maximum absolute atomic E-state index is 12.4. The molecule has 0 aliphatic carbocycles. The average molecular weight is 350 g/mol. The number of carbonyl (C=O) groups is 1. The molecule has 0 fully saturated rings. The topological polar surface area (TPSA) is 60.5 Å². The Morgan fingerprint density at radius 3 is 2.69 bits per heavy atom. The van der Waals surface area contributed by atoms with Crippen molar-refractivity contribution in [3.8, 4) is 5.75 Å². The van der Waals surface area contributed by atoms with E-state index in [1.165, 1.54) is 0 Å². The Hall–Kier alpha value is -3.08. The van der Waals surface area contributed by atoms with Crippen molar-refractivity contribution < 1.29 is 14.3 Å². The van der Waals surface area contributed by atoms with Gasteiger partial charge in [0, 0.05) is 17.3 Å². The monoisotopic (exact) mass is 350 g/mol. The number of nitrogens with zero attached hydrogens (tertiary/aromatic N) is 1. The molecule has 0 radical (unpaired) electrons. The number of anilines is 2. The van der Waals surface area contributed by atoms with Crippen molar-refractivity contribution in [2.24, 2.45) is 0 Å². The maximum atomic E-state index is 12.4. The largest absolute Gasteiger partial charge is 0.494 e. The van der Waals surface area contributed by atoms with E-state index in [9.17, 15) is 4.79 Å². The number of aromatic nitrogens is 1. The Balaban J connectivity index is 2.16. The van der Waals surface area contributed by atoms with Crippen LogP contribution < -0.4 is 10.1 Å². The van der Waals surface area contributed by atoms with Crippen molar-refractivity contribution in [2.75, 3.05) is 18.5 Å². The molecule has 1 N–H and O–H groups in total. The maximum Gasteiger partial charge on any atom is 0.341 e. The van der Waals surface area contributed by atoms with Gasteiger partial charge in [0.15, 0.2) is 0 Å². The number of carbonyl (C=O) groups excluding carboxylic acids is 1. The van der Waals surface area contributed by atoms with Gasteiger partial charge in [-0.25, -0.2) is 4.79 Å². The van der Waals surface area contributed by atoms with E-state index in [1.807, 2.05) is 56.3 Å². The van der Waals surface area contributed by atoms with E-state index >= 15 is 0 Å². The lowest BCUT2D eigenvalue weighted by molar-refractivity contribution is 0.0527. The summed E-state index contributed by atoms with van der Waals surface area (Å²) in [4.78, 5) is 16.9. The minimum Gasteiger partial charge on any atom is -0.494 e. The molecule has 3 aromatic rings. The Morgan fingerprint density at radius 2 is 1.96 bits per heavy atom. The summed E-state index contributed by atoms with van der Waals surface area (Å²) in [7, 11) is 0. The zero-order valence-electron chi connectivity index (χ0n) is 15.2. The zero-order valence-corrected chi connectivity index (χ0v) is 15.2. The molecule has 0 unspecified atom stereocenters. The normalized spacial score (nSPS) is 10.6. The van der Waals surface area contributed by atoms with Gasteiger partial charge in [-0.1, -0.05) is 12.1 Å². The summed E-state index contributed by atoms with van der Waals surface area (Å²) < 4.78 is 10.8. The van der Waals surface area contributed by atoms with Crippen LogP contribution in [-0.4, -0.2) is 24.2 Å². The Kier molecular flexibility index (Phi) is 5.37. The van der Waals surface area contributed by atoms with Gasteiger partial charge < -0.3 is 14.8 Å². The van der Waals surface area contributed by atoms with Gasteiger partial charge in [-0.2, -0.15) is 0 Å². The molecular formula is C21H22N2O3. The molecule has 0 aliphatic heterocycles. The van der Waals surface area contributed by atoms with E-state index in [1.54, 1.807) is 13.1 Å². The van der Waals surface area contributed by atoms with E-state index < -0.39 is 5.97 Å². The summed E-state index contributed by atoms with van der Waals surface area (Å²) >= 11 is 0. The predicted molar refractivity (Wildman–Crippen MR) is 103 cm³/mol. The van der Waals surface area contributed by atoms with Gasteiger partial charge >= 0.3 is 5.97 Å². The second kappa shape index (κ2) is 7.87. The highest BCUT2D eigenvalue weighted by atomic mass is 16.5. The first-order valence-electron chi connectivity index (χ1n) is 8.68. The van der Waals surface area contributed by atoms with E-state index in [4.69, 9.17) is 9.47 Å². The lowest BCUT2D eigenvalue weighted by atomic mass is 10.1. The van der Waals surface area contributed by atoms with Crippen LogP contribution in [-0.2, 0) is 4.74 Å². The SMILES string of the molecule is CCOC(=O)c1cnc2ccc(OCC)cc2c1Nc1cccc(C)c1. The minimum absolute atomic E-state index is 0.305. The van der Waals surface area contributed by atoms with Gasteiger partial charge in [0.25, 0.3) is 0 Å². The highest BCUT2D eigenvalue weighted by molar-refractivity contribution is 6.06. The van der Waals surface area contributed by atoms with Crippen molar-refractivity contribution >= 4 is 28.2 Å². The number of hydrogen-bond donors (Lipinski definition) is 1. The van der Waals surface area contributed by atoms with Crippen LogP contribution in [0.5, 0.6) is 5.75 Å². The second-order valence-electron chi connectivity index (χ2n) is 5.87. The first-order chi connectivity index (χ1) is 12.6. The fourth-order valence-corrected chi connectivity index (χ4v) is 2.79. The molecule has 0 saturated heterocycles. The van der Waals surface area contributed by atoms with E-state index in [0.29, 0.717) is 24.5 Å². The third-order valence-corrected chi connectivity index (χ3v) is 3.93. The van der Waals surface area contributed by atoms with Crippen molar-refractivity contribution in [2.45, 2.75) is 20.8 Å². The quantitative estimate of drug-likeness (QED) is 0.643. The van der Waals surface area contributed by atoms with Crippen LogP contribution in [0.25, 0.3) is 10.9 Å². The minimum atomic E-state index is -0.404. The Bertz CT molecular complexity index is 938. The molecule has 26 heavy (non-hydrogen) atoms. The molecule has 1 aromatic heterocycles. The highest BCUT2D eigenvalue weighted by Gasteiger charge is 2.17. The van der Waals surface area contributed by atoms with Crippen LogP contribution in [0.3, 0.4) is 0 Å².